The zero-order valence-corrected chi connectivity index (χ0v) is 12.8. The lowest BCUT2D eigenvalue weighted by Crippen LogP contribution is -2.37. The first-order valence-electron chi connectivity index (χ1n) is 7.44. The fourth-order valence-corrected chi connectivity index (χ4v) is 2.20. The van der Waals surface area contributed by atoms with Crippen LogP contribution in [0.5, 0.6) is 5.75 Å². The van der Waals surface area contributed by atoms with Crippen molar-refractivity contribution in [2.45, 2.75) is 51.8 Å². The molecule has 0 fully saturated rings. The van der Waals surface area contributed by atoms with Crippen molar-refractivity contribution in [3.8, 4) is 5.75 Å². The summed E-state index contributed by atoms with van der Waals surface area (Å²) in [5.41, 5.74) is 7.02. The standard InChI is InChI=1S/C16H28N2O2/c1-4-14(9-10-19)18-16(11-17)13-5-7-15(8-6-13)20-12(2)3/h5-8,12,14,16,18-19H,4,9-11,17H2,1-3H3. The number of nitrogens with two attached hydrogens (primary N) is 1. The Balaban J connectivity index is 2.69. The summed E-state index contributed by atoms with van der Waals surface area (Å²) in [6.45, 7) is 6.87. The van der Waals surface area contributed by atoms with Crippen molar-refractivity contribution >= 4 is 0 Å². The summed E-state index contributed by atoms with van der Waals surface area (Å²) in [5, 5.41) is 12.6. The van der Waals surface area contributed by atoms with Gasteiger partial charge in [0.15, 0.2) is 0 Å². The van der Waals surface area contributed by atoms with Crippen LogP contribution in [0.1, 0.15) is 45.2 Å². The molecule has 20 heavy (non-hydrogen) atoms. The molecule has 0 saturated heterocycles. The molecule has 0 heterocycles. The van der Waals surface area contributed by atoms with E-state index in [9.17, 15) is 0 Å². The number of hydrogen-bond donors (Lipinski definition) is 3. The van der Waals surface area contributed by atoms with E-state index < -0.39 is 0 Å². The van der Waals surface area contributed by atoms with Crippen molar-refractivity contribution < 1.29 is 9.84 Å². The second-order valence-corrected chi connectivity index (χ2v) is 5.31. The van der Waals surface area contributed by atoms with Gasteiger partial charge in [-0.1, -0.05) is 19.1 Å². The molecule has 4 nitrogen and oxygen atoms in total. The van der Waals surface area contributed by atoms with E-state index in [4.69, 9.17) is 15.6 Å². The number of aliphatic hydroxyl groups is 1. The third-order valence-corrected chi connectivity index (χ3v) is 3.30. The molecule has 114 valence electrons. The van der Waals surface area contributed by atoms with Gasteiger partial charge in [0.05, 0.1) is 6.10 Å². The molecule has 0 radical (unpaired) electrons. The Morgan fingerprint density at radius 1 is 1.25 bits per heavy atom. The SMILES string of the molecule is CCC(CCO)NC(CN)c1ccc(OC(C)C)cc1. The number of rotatable bonds is 9. The van der Waals surface area contributed by atoms with E-state index in [2.05, 4.69) is 12.2 Å². The molecular weight excluding hydrogens is 252 g/mol. The second kappa shape index (κ2) is 8.95. The first kappa shape index (κ1) is 17.0. The summed E-state index contributed by atoms with van der Waals surface area (Å²) < 4.78 is 5.64. The minimum Gasteiger partial charge on any atom is -0.491 e. The first-order chi connectivity index (χ1) is 9.60. The highest BCUT2D eigenvalue weighted by atomic mass is 16.5. The highest BCUT2D eigenvalue weighted by molar-refractivity contribution is 5.29. The number of ether oxygens (including phenoxy) is 1. The highest BCUT2D eigenvalue weighted by Gasteiger charge is 2.14. The second-order valence-electron chi connectivity index (χ2n) is 5.31. The van der Waals surface area contributed by atoms with Crippen LogP contribution in [0, 0.1) is 0 Å². The summed E-state index contributed by atoms with van der Waals surface area (Å²) in [5.74, 6) is 0.877. The molecular formula is C16H28N2O2. The smallest absolute Gasteiger partial charge is 0.119 e. The van der Waals surface area contributed by atoms with Gasteiger partial charge in [0.1, 0.15) is 5.75 Å². The molecule has 0 aliphatic rings. The summed E-state index contributed by atoms with van der Waals surface area (Å²) in [6, 6.07) is 8.46. The quantitative estimate of drug-likeness (QED) is 0.649. The van der Waals surface area contributed by atoms with Gasteiger partial charge < -0.3 is 20.9 Å². The van der Waals surface area contributed by atoms with Crippen molar-refractivity contribution in [3.63, 3.8) is 0 Å². The lowest BCUT2D eigenvalue weighted by molar-refractivity contribution is 0.242. The fourth-order valence-electron chi connectivity index (χ4n) is 2.20. The molecule has 1 rings (SSSR count). The van der Waals surface area contributed by atoms with E-state index in [0.717, 1.165) is 24.2 Å². The van der Waals surface area contributed by atoms with Crippen LogP contribution in [0.4, 0.5) is 0 Å². The van der Waals surface area contributed by atoms with E-state index in [1.165, 1.54) is 0 Å². The van der Waals surface area contributed by atoms with Gasteiger partial charge in [-0.3, -0.25) is 0 Å². The van der Waals surface area contributed by atoms with Crippen molar-refractivity contribution in [1.82, 2.24) is 5.32 Å². The molecule has 2 atom stereocenters. The van der Waals surface area contributed by atoms with Gasteiger partial charge in [0.2, 0.25) is 0 Å². The van der Waals surface area contributed by atoms with Crippen LogP contribution in [0.15, 0.2) is 24.3 Å². The van der Waals surface area contributed by atoms with Crippen molar-refractivity contribution in [2.24, 2.45) is 5.73 Å². The zero-order valence-electron chi connectivity index (χ0n) is 12.8. The summed E-state index contributed by atoms with van der Waals surface area (Å²) >= 11 is 0. The van der Waals surface area contributed by atoms with E-state index in [-0.39, 0.29) is 18.8 Å². The Labute approximate surface area is 122 Å². The summed E-state index contributed by atoms with van der Waals surface area (Å²) in [6.07, 6.45) is 1.91. The summed E-state index contributed by atoms with van der Waals surface area (Å²) in [7, 11) is 0. The van der Waals surface area contributed by atoms with Crippen LogP contribution in [0.3, 0.4) is 0 Å². The molecule has 0 aliphatic carbocycles. The van der Waals surface area contributed by atoms with Gasteiger partial charge in [-0.15, -0.1) is 0 Å². The van der Waals surface area contributed by atoms with E-state index >= 15 is 0 Å². The topological polar surface area (TPSA) is 67.5 Å². The first-order valence-corrected chi connectivity index (χ1v) is 7.44. The minimum atomic E-state index is 0.111. The molecule has 0 bridgehead atoms. The lowest BCUT2D eigenvalue weighted by Gasteiger charge is -2.24. The zero-order chi connectivity index (χ0) is 15.0. The van der Waals surface area contributed by atoms with Crippen LogP contribution in [-0.2, 0) is 0 Å². The van der Waals surface area contributed by atoms with Crippen molar-refractivity contribution in [1.29, 1.82) is 0 Å². The van der Waals surface area contributed by atoms with Crippen LogP contribution in [-0.4, -0.2) is 30.4 Å². The number of nitrogens with one attached hydrogen (secondary N) is 1. The predicted molar refractivity (Wildman–Crippen MR) is 82.9 cm³/mol. The lowest BCUT2D eigenvalue weighted by atomic mass is 10.0. The third-order valence-electron chi connectivity index (χ3n) is 3.30. The van der Waals surface area contributed by atoms with Crippen LogP contribution in [0.2, 0.25) is 0 Å². The molecule has 0 saturated carbocycles. The Morgan fingerprint density at radius 3 is 2.35 bits per heavy atom. The molecule has 0 aromatic heterocycles. The molecule has 1 aromatic rings. The molecule has 4 N–H and O–H groups in total. The highest BCUT2D eigenvalue weighted by Crippen LogP contribution is 2.19. The summed E-state index contributed by atoms with van der Waals surface area (Å²) in [4.78, 5) is 0. The van der Waals surface area contributed by atoms with Crippen LogP contribution < -0.4 is 15.8 Å². The largest absolute Gasteiger partial charge is 0.491 e. The van der Waals surface area contributed by atoms with Gasteiger partial charge in [-0.25, -0.2) is 0 Å². The minimum absolute atomic E-state index is 0.111. The van der Waals surface area contributed by atoms with Gasteiger partial charge >= 0.3 is 0 Å². The van der Waals surface area contributed by atoms with Crippen LogP contribution in [0.25, 0.3) is 0 Å². The molecule has 0 aliphatic heterocycles. The molecule has 0 spiro atoms. The third kappa shape index (κ3) is 5.49. The maximum absolute atomic E-state index is 9.06. The average molecular weight is 280 g/mol. The van der Waals surface area contributed by atoms with Crippen molar-refractivity contribution in [3.05, 3.63) is 29.8 Å². The average Bonchev–Trinajstić information content (AvgIpc) is 2.44. The van der Waals surface area contributed by atoms with Gasteiger partial charge in [0, 0.05) is 25.2 Å². The monoisotopic (exact) mass is 280 g/mol. The molecule has 2 unspecified atom stereocenters. The Bertz CT molecular complexity index is 365. The Hall–Kier alpha value is -1.10. The predicted octanol–water partition coefficient (Wildman–Crippen LogP) is 2.22. The van der Waals surface area contributed by atoms with E-state index in [0.29, 0.717) is 12.6 Å². The molecule has 1 aromatic carbocycles. The van der Waals surface area contributed by atoms with Crippen LogP contribution >= 0.6 is 0 Å². The van der Waals surface area contributed by atoms with Gasteiger partial charge in [-0.05, 0) is 44.4 Å². The Morgan fingerprint density at radius 2 is 1.90 bits per heavy atom. The molecule has 4 heteroatoms. The number of aliphatic hydroxyl groups excluding tert-OH is 1. The Kier molecular flexibility index (Phi) is 7.59. The number of benzene rings is 1. The molecule has 0 amide bonds. The normalized spacial score (nSPS) is 14.3. The fraction of sp³-hybridized carbons (Fsp3) is 0.625. The maximum Gasteiger partial charge on any atom is 0.119 e. The van der Waals surface area contributed by atoms with E-state index in [1.54, 1.807) is 0 Å². The number of hydrogen-bond acceptors (Lipinski definition) is 4. The maximum atomic E-state index is 9.06. The van der Waals surface area contributed by atoms with E-state index in [1.807, 2.05) is 38.1 Å². The van der Waals surface area contributed by atoms with Gasteiger partial charge in [0.25, 0.3) is 0 Å². The van der Waals surface area contributed by atoms with Crippen molar-refractivity contribution in [2.75, 3.05) is 13.2 Å². The van der Waals surface area contributed by atoms with Gasteiger partial charge in [-0.2, -0.15) is 0 Å².